The molecule has 0 aliphatic heterocycles. The van der Waals surface area contributed by atoms with Crippen LogP contribution in [0.3, 0.4) is 0 Å². The van der Waals surface area contributed by atoms with E-state index >= 15 is 0 Å². The molecule has 128 valence electrons. The maximum atomic E-state index is 12.1. The summed E-state index contributed by atoms with van der Waals surface area (Å²) in [6.07, 6.45) is 2.28. The van der Waals surface area contributed by atoms with Gasteiger partial charge in [0.05, 0.1) is 6.42 Å². The van der Waals surface area contributed by atoms with Crippen molar-refractivity contribution in [3.05, 3.63) is 59.2 Å². The first-order chi connectivity index (χ1) is 12.0. The average Bonchev–Trinajstić information content (AvgIpc) is 3.03. The van der Waals surface area contributed by atoms with Crippen molar-refractivity contribution in [2.24, 2.45) is 0 Å². The highest BCUT2D eigenvalue weighted by Crippen LogP contribution is 2.22. The summed E-state index contributed by atoms with van der Waals surface area (Å²) in [6.45, 7) is 4.02. The van der Waals surface area contributed by atoms with E-state index in [1.807, 2.05) is 56.5 Å². The van der Waals surface area contributed by atoms with Gasteiger partial charge < -0.3 is 4.42 Å². The lowest BCUT2D eigenvalue weighted by atomic mass is 10.1. The standard InChI is InChI=1S/C19H19N3O2S/c1-12-8-13(2)10-15(9-12)18-21-22-19(24-18)20-17(23)11-14-4-6-16(25-3)7-5-14/h4-10H,11H2,1-3H3,(H,20,22,23). The van der Waals surface area contributed by atoms with E-state index in [4.69, 9.17) is 4.42 Å². The highest BCUT2D eigenvalue weighted by molar-refractivity contribution is 7.98. The third kappa shape index (κ3) is 4.48. The van der Waals surface area contributed by atoms with Crippen molar-refractivity contribution < 1.29 is 9.21 Å². The van der Waals surface area contributed by atoms with E-state index in [1.165, 1.54) is 4.90 Å². The Morgan fingerprint density at radius 2 is 1.76 bits per heavy atom. The lowest BCUT2D eigenvalue weighted by Crippen LogP contribution is -2.14. The number of nitrogens with zero attached hydrogens (tertiary/aromatic N) is 2. The summed E-state index contributed by atoms with van der Waals surface area (Å²) in [5.74, 6) is 0.207. The zero-order chi connectivity index (χ0) is 17.8. The zero-order valence-corrected chi connectivity index (χ0v) is 15.2. The number of anilines is 1. The number of aryl methyl sites for hydroxylation is 2. The Kier molecular flexibility index (Phi) is 5.19. The van der Waals surface area contributed by atoms with E-state index in [9.17, 15) is 4.79 Å². The molecule has 0 spiro atoms. The molecule has 1 N–H and O–H groups in total. The van der Waals surface area contributed by atoms with E-state index in [2.05, 4.69) is 21.6 Å². The molecule has 0 bridgehead atoms. The topological polar surface area (TPSA) is 68.0 Å². The lowest BCUT2D eigenvalue weighted by Gasteiger charge is -2.02. The molecular formula is C19H19N3O2S. The zero-order valence-electron chi connectivity index (χ0n) is 14.4. The Hall–Kier alpha value is -2.60. The van der Waals surface area contributed by atoms with Crippen LogP contribution in [-0.2, 0) is 11.2 Å². The van der Waals surface area contributed by atoms with Crippen molar-refractivity contribution >= 4 is 23.7 Å². The molecular weight excluding hydrogens is 334 g/mol. The Bertz CT molecular complexity index is 868. The Labute approximate surface area is 150 Å². The molecule has 0 aliphatic rings. The summed E-state index contributed by atoms with van der Waals surface area (Å²) < 4.78 is 5.57. The highest BCUT2D eigenvalue weighted by Gasteiger charge is 2.12. The van der Waals surface area contributed by atoms with Gasteiger partial charge in [-0.2, -0.15) is 0 Å². The van der Waals surface area contributed by atoms with E-state index in [-0.39, 0.29) is 18.3 Å². The van der Waals surface area contributed by atoms with Crippen LogP contribution in [0.5, 0.6) is 0 Å². The van der Waals surface area contributed by atoms with Gasteiger partial charge in [0.15, 0.2) is 0 Å². The van der Waals surface area contributed by atoms with Crippen LogP contribution < -0.4 is 5.32 Å². The third-order valence-corrected chi connectivity index (χ3v) is 4.41. The van der Waals surface area contributed by atoms with Gasteiger partial charge in [-0.15, -0.1) is 16.9 Å². The number of benzene rings is 2. The van der Waals surface area contributed by atoms with Gasteiger partial charge in [0, 0.05) is 10.5 Å². The molecule has 2 aromatic carbocycles. The predicted molar refractivity (Wildman–Crippen MR) is 99.8 cm³/mol. The minimum absolute atomic E-state index is 0.111. The first kappa shape index (κ1) is 17.2. The maximum absolute atomic E-state index is 12.1. The second-order valence-corrected chi connectivity index (χ2v) is 6.74. The second-order valence-electron chi connectivity index (χ2n) is 5.86. The fraction of sp³-hybridized carbons (Fsp3) is 0.211. The molecule has 0 fully saturated rings. The van der Waals surface area contributed by atoms with E-state index in [1.54, 1.807) is 11.8 Å². The molecule has 0 saturated carbocycles. The largest absolute Gasteiger partial charge is 0.403 e. The monoisotopic (exact) mass is 353 g/mol. The Balaban J connectivity index is 1.67. The molecule has 0 radical (unpaired) electrons. The van der Waals surface area contributed by atoms with Gasteiger partial charge in [-0.25, -0.2) is 0 Å². The predicted octanol–water partition coefficient (Wildman–Crippen LogP) is 4.26. The number of amides is 1. The van der Waals surface area contributed by atoms with E-state index < -0.39 is 0 Å². The molecule has 3 aromatic rings. The van der Waals surface area contributed by atoms with Crippen LogP contribution in [0.1, 0.15) is 16.7 Å². The normalized spacial score (nSPS) is 10.7. The number of carbonyl (C=O) groups excluding carboxylic acids is 1. The summed E-state index contributed by atoms with van der Waals surface area (Å²) in [5, 5.41) is 10.6. The lowest BCUT2D eigenvalue weighted by molar-refractivity contribution is -0.115. The molecule has 0 unspecified atom stereocenters. The average molecular weight is 353 g/mol. The second kappa shape index (κ2) is 7.53. The van der Waals surface area contributed by atoms with Gasteiger partial charge in [0.25, 0.3) is 0 Å². The third-order valence-electron chi connectivity index (χ3n) is 3.66. The number of hydrogen-bond acceptors (Lipinski definition) is 5. The van der Waals surface area contributed by atoms with Gasteiger partial charge in [0.2, 0.25) is 11.8 Å². The van der Waals surface area contributed by atoms with Crippen LogP contribution in [0.25, 0.3) is 11.5 Å². The first-order valence-electron chi connectivity index (χ1n) is 7.88. The van der Waals surface area contributed by atoms with Crippen LogP contribution in [0.15, 0.2) is 51.8 Å². The molecule has 25 heavy (non-hydrogen) atoms. The number of rotatable bonds is 5. The molecule has 6 heteroatoms. The van der Waals surface area contributed by atoms with Crippen molar-refractivity contribution in [1.29, 1.82) is 0 Å². The summed E-state index contributed by atoms with van der Waals surface area (Å²) >= 11 is 1.67. The molecule has 1 aromatic heterocycles. The Morgan fingerprint density at radius 3 is 2.40 bits per heavy atom. The van der Waals surface area contributed by atoms with Crippen molar-refractivity contribution in [3.8, 4) is 11.5 Å². The Morgan fingerprint density at radius 1 is 1.08 bits per heavy atom. The van der Waals surface area contributed by atoms with Crippen LogP contribution in [0.4, 0.5) is 6.01 Å². The van der Waals surface area contributed by atoms with Gasteiger partial charge in [-0.05, 0) is 49.9 Å². The fourth-order valence-electron chi connectivity index (χ4n) is 2.58. The number of carbonyl (C=O) groups is 1. The molecule has 0 atom stereocenters. The van der Waals surface area contributed by atoms with Crippen molar-refractivity contribution in [1.82, 2.24) is 10.2 Å². The minimum Gasteiger partial charge on any atom is -0.403 e. The molecule has 1 amide bonds. The minimum atomic E-state index is -0.187. The SMILES string of the molecule is CSc1ccc(CC(=O)Nc2nnc(-c3cc(C)cc(C)c3)o2)cc1. The molecule has 0 aliphatic carbocycles. The number of aromatic nitrogens is 2. The number of thioether (sulfide) groups is 1. The summed E-state index contributed by atoms with van der Waals surface area (Å²) in [4.78, 5) is 13.3. The summed E-state index contributed by atoms with van der Waals surface area (Å²) in [7, 11) is 0. The highest BCUT2D eigenvalue weighted by atomic mass is 32.2. The summed E-state index contributed by atoms with van der Waals surface area (Å²) in [6, 6.07) is 14.0. The maximum Gasteiger partial charge on any atom is 0.322 e. The van der Waals surface area contributed by atoms with Gasteiger partial charge in [0.1, 0.15) is 0 Å². The molecule has 0 saturated heterocycles. The van der Waals surface area contributed by atoms with Gasteiger partial charge >= 0.3 is 6.01 Å². The van der Waals surface area contributed by atoms with Crippen LogP contribution in [0, 0.1) is 13.8 Å². The van der Waals surface area contributed by atoms with E-state index in [0.717, 1.165) is 22.3 Å². The summed E-state index contributed by atoms with van der Waals surface area (Å²) in [5.41, 5.74) is 4.02. The molecule has 1 heterocycles. The molecule has 3 rings (SSSR count). The van der Waals surface area contributed by atoms with Crippen molar-refractivity contribution in [2.75, 3.05) is 11.6 Å². The van der Waals surface area contributed by atoms with Crippen LogP contribution in [-0.4, -0.2) is 22.4 Å². The van der Waals surface area contributed by atoms with Gasteiger partial charge in [-0.3, -0.25) is 10.1 Å². The smallest absolute Gasteiger partial charge is 0.322 e. The van der Waals surface area contributed by atoms with Crippen LogP contribution >= 0.6 is 11.8 Å². The van der Waals surface area contributed by atoms with Crippen LogP contribution in [0.2, 0.25) is 0 Å². The van der Waals surface area contributed by atoms with Crippen molar-refractivity contribution in [2.45, 2.75) is 25.2 Å². The van der Waals surface area contributed by atoms with Crippen molar-refractivity contribution in [3.63, 3.8) is 0 Å². The number of hydrogen-bond donors (Lipinski definition) is 1. The van der Waals surface area contributed by atoms with Gasteiger partial charge in [-0.1, -0.05) is 34.4 Å². The van der Waals surface area contributed by atoms with E-state index in [0.29, 0.717) is 5.89 Å². The first-order valence-corrected chi connectivity index (χ1v) is 9.11. The number of nitrogens with one attached hydrogen (secondary N) is 1. The molecule has 5 nitrogen and oxygen atoms in total. The fourth-order valence-corrected chi connectivity index (χ4v) is 2.99. The quantitative estimate of drug-likeness (QED) is 0.694.